The Bertz CT molecular complexity index is 443. The number of aryl methyl sites for hydroxylation is 1. The number of aromatic nitrogens is 1. The fraction of sp³-hybridized carbons (Fsp3) is 0.667. The standard InChI is InChI=1S/C15H22N2S/c1-3-17(2)10-11-8-12(9-11)15-16-13-6-4-5-7-14(13)18-15/h4,6,11-12H,3,5,7-10H2,1-2H3. The SMILES string of the molecule is CCN(C)CC1CC(c2nc3c(s2)CCC=C3)C1. The normalized spacial score (nSPS) is 26.2. The largest absolute Gasteiger partial charge is 0.306 e. The van der Waals surface area contributed by atoms with E-state index >= 15 is 0 Å². The minimum absolute atomic E-state index is 0.754. The summed E-state index contributed by atoms with van der Waals surface area (Å²) in [7, 11) is 2.22. The van der Waals surface area contributed by atoms with E-state index in [1.165, 1.54) is 47.8 Å². The van der Waals surface area contributed by atoms with E-state index < -0.39 is 0 Å². The van der Waals surface area contributed by atoms with Crippen LogP contribution in [0.2, 0.25) is 0 Å². The Labute approximate surface area is 114 Å². The van der Waals surface area contributed by atoms with Crippen LogP contribution in [0.25, 0.3) is 6.08 Å². The van der Waals surface area contributed by atoms with Gasteiger partial charge in [0.25, 0.3) is 0 Å². The van der Waals surface area contributed by atoms with E-state index in [1.807, 2.05) is 11.3 Å². The highest BCUT2D eigenvalue weighted by Gasteiger charge is 2.33. The summed E-state index contributed by atoms with van der Waals surface area (Å²) in [5.41, 5.74) is 1.26. The molecule has 2 nitrogen and oxygen atoms in total. The van der Waals surface area contributed by atoms with Crippen LogP contribution in [-0.4, -0.2) is 30.0 Å². The van der Waals surface area contributed by atoms with Crippen molar-refractivity contribution in [1.29, 1.82) is 0 Å². The van der Waals surface area contributed by atoms with E-state index in [-0.39, 0.29) is 0 Å². The summed E-state index contributed by atoms with van der Waals surface area (Å²) in [4.78, 5) is 8.77. The molecule has 2 aliphatic carbocycles. The molecule has 3 heteroatoms. The first-order valence-electron chi connectivity index (χ1n) is 7.11. The van der Waals surface area contributed by atoms with Crippen molar-refractivity contribution < 1.29 is 0 Å². The maximum Gasteiger partial charge on any atom is 0.0966 e. The highest BCUT2D eigenvalue weighted by molar-refractivity contribution is 7.12. The Morgan fingerprint density at radius 2 is 2.28 bits per heavy atom. The third-order valence-corrected chi connectivity index (χ3v) is 5.55. The second kappa shape index (κ2) is 5.14. The number of fused-ring (bicyclic) bond motifs is 1. The number of thiazole rings is 1. The van der Waals surface area contributed by atoms with Gasteiger partial charge in [0.05, 0.1) is 10.7 Å². The fourth-order valence-electron chi connectivity index (χ4n) is 2.93. The van der Waals surface area contributed by atoms with Crippen LogP contribution in [0.4, 0.5) is 0 Å². The summed E-state index contributed by atoms with van der Waals surface area (Å²) in [5, 5.41) is 1.40. The molecule has 1 saturated carbocycles. The number of allylic oxidation sites excluding steroid dienone is 1. The zero-order valence-electron chi connectivity index (χ0n) is 11.4. The molecule has 18 heavy (non-hydrogen) atoms. The van der Waals surface area contributed by atoms with Crippen molar-refractivity contribution in [3.63, 3.8) is 0 Å². The maximum absolute atomic E-state index is 4.82. The molecule has 0 aromatic carbocycles. The molecule has 98 valence electrons. The maximum atomic E-state index is 4.82. The molecule has 3 rings (SSSR count). The Morgan fingerprint density at radius 3 is 3.00 bits per heavy atom. The Balaban J connectivity index is 1.58. The predicted molar refractivity (Wildman–Crippen MR) is 78.1 cm³/mol. The van der Waals surface area contributed by atoms with Gasteiger partial charge in [-0.2, -0.15) is 0 Å². The van der Waals surface area contributed by atoms with Gasteiger partial charge in [-0.1, -0.05) is 13.0 Å². The van der Waals surface area contributed by atoms with Crippen molar-refractivity contribution in [3.8, 4) is 0 Å². The zero-order chi connectivity index (χ0) is 12.5. The minimum Gasteiger partial charge on any atom is -0.306 e. The summed E-state index contributed by atoms with van der Waals surface area (Å²) >= 11 is 1.97. The molecule has 1 fully saturated rings. The molecule has 0 atom stereocenters. The third kappa shape index (κ3) is 2.39. The number of rotatable bonds is 4. The highest BCUT2D eigenvalue weighted by atomic mass is 32.1. The first-order valence-corrected chi connectivity index (χ1v) is 7.92. The lowest BCUT2D eigenvalue weighted by Crippen LogP contribution is -2.33. The highest BCUT2D eigenvalue weighted by Crippen LogP contribution is 2.44. The summed E-state index contributed by atoms with van der Waals surface area (Å²) in [5.74, 6) is 1.65. The zero-order valence-corrected chi connectivity index (χ0v) is 12.2. The van der Waals surface area contributed by atoms with Crippen LogP contribution in [0.15, 0.2) is 6.08 Å². The monoisotopic (exact) mass is 262 g/mol. The molecule has 0 amide bonds. The number of hydrogen-bond donors (Lipinski definition) is 0. The van der Waals surface area contributed by atoms with Crippen LogP contribution in [0.3, 0.4) is 0 Å². The van der Waals surface area contributed by atoms with Gasteiger partial charge in [0, 0.05) is 17.3 Å². The molecule has 0 spiro atoms. The average molecular weight is 262 g/mol. The lowest BCUT2D eigenvalue weighted by molar-refractivity contribution is 0.185. The van der Waals surface area contributed by atoms with E-state index in [0.29, 0.717) is 0 Å². The van der Waals surface area contributed by atoms with Crippen LogP contribution >= 0.6 is 11.3 Å². The van der Waals surface area contributed by atoms with Crippen LogP contribution in [0.1, 0.15) is 47.7 Å². The summed E-state index contributed by atoms with van der Waals surface area (Å²) in [6.45, 7) is 4.66. The molecule has 0 radical (unpaired) electrons. The third-order valence-electron chi connectivity index (χ3n) is 4.25. The Morgan fingerprint density at radius 1 is 1.44 bits per heavy atom. The average Bonchev–Trinajstić information content (AvgIpc) is 2.75. The number of nitrogens with zero attached hydrogens (tertiary/aromatic N) is 2. The molecule has 0 unspecified atom stereocenters. The fourth-order valence-corrected chi connectivity index (χ4v) is 4.13. The summed E-state index contributed by atoms with van der Waals surface area (Å²) < 4.78 is 0. The Hall–Kier alpha value is -0.670. The predicted octanol–water partition coefficient (Wildman–Crippen LogP) is 3.55. The first kappa shape index (κ1) is 12.4. The van der Waals surface area contributed by atoms with Gasteiger partial charge in [0.15, 0.2) is 0 Å². The molecule has 0 bridgehead atoms. The van der Waals surface area contributed by atoms with Crippen LogP contribution in [-0.2, 0) is 6.42 Å². The lowest BCUT2D eigenvalue weighted by Gasteiger charge is -2.36. The molecule has 1 aromatic rings. The van der Waals surface area contributed by atoms with E-state index in [9.17, 15) is 0 Å². The van der Waals surface area contributed by atoms with Crippen LogP contribution < -0.4 is 0 Å². The first-order chi connectivity index (χ1) is 8.76. The van der Waals surface area contributed by atoms with Gasteiger partial charge in [-0.25, -0.2) is 4.98 Å². The molecule has 0 aliphatic heterocycles. The van der Waals surface area contributed by atoms with E-state index in [1.54, 1.807) is 0 Å². The van der Waals surface area contributed by atoms with Gasteiger partial charge in [-0.15, -0.1) is 11.3 Å². The molecular weight excluding hydrogens is 240 g/mol. The van der Waals surface area contributed by atoms with Gasteiger partial charge in [0.1, 0.15) is 0 Å². The van der Waals surface area contributed by atoms with Crippen molar-refractivity contribution in [2.45, 2.75) is 38.5 Å². The topological polar surface area (TPSA) is 16.1 Å². The molecule has 1 aromatic heterocycles. The van der Waals surface area contributed by atoms with E-state index in [2.05, 4.69) is 31.0 Å². The van der Waals surface area contributed by atoms with E-state index in [4.69, 9.17) is 4.98 Å². The second-order valence-electron chi connectivity index (χ2n) is 5.69. The van der Waals surface area contributed by atoms with Crippen molar-refractivity contribution in [2.75, 3.05) is 20.1 Å². The van der Waals surface area contributed by atoms with Crippen molar-refractivity contribution in [3.05, 3.63) is 21.7 Å². The smallest absolute Gasteiger partial charge is 0.0966 e. The van der Waals surface area contributed by atoms with Crippen molar-refractivity contribution >= 4 is 17.4 Å². The lowest BCUT2D eigenvalue weighted by atomic mass is 9.75. The van der Waals surface area contributed by atoms with Gasteiger partial charge in [0.2, 0.25) is 0 Å². The van der Waals surface area contributed by atoms with Crippen molar-refractivity contribution in [2.24, 2.45) is 5.92 Å². The van der Waals surface area contributed by atoms with Gasteiger partial charge >= 0.3 is 0 Å². The Kier molecular flexibility index (Phi) is 3.53. The number of hydrogen-bond acceptors (Lipinski definition) is 3. The molecule has 1 heterocycles. The minimum atomic E-state index is 0.754. The van der Waals surface area contributed by atoms with Crippen molar-refractivity contribution in [1.82, 2.24) is 9.88 Å². The molecular formula is C15H22N2S. The van der Waals surface area contributed by atoms with E-state index in [0.717, 1.165) is 18.4 Å². The molecule has 0 saturated heterocycles. The van der Waals surface area contributed by atoms with Gasteiger partial charge in [-0.05, 0) is 51.3 Å². The van der Waals surface area contributed by atoms with Gasteiger partial charge < -0.3 is 4.90 Å². The summed E-state index contributed by atoms with van der Waals surface area (Å²) in [6, 6.07) is 0. The van der Waals surface area contributed by atoms with Crippen LogP contribution in [0, 0.1) is 5.92 Å². The van der Waals surface area contributed by atoms with Gasteiger partial charge in [-0.3, -0.25) is 0 Å². The second-order valence-corrected chi connectivity index (χ2v) is 6.81. The summed E-state index contributed by atoms with van der Waals surface area (Å²) in [6.07, 6.45) is 9.56. The molecule has 0 N–H and O–H groups in total. The molecule has 2 aliphatic rings. The van der Waals surface area contributed by atoms with Crippen LogP contribution in [0.5, 0.6) is 0 Å². The quantitative estimate of drug-likeness (QED) is 0.825.